The van der Waals surface area contributed by atoms with Gasteiger partial charge in [-0.15, -0.1) is 0 Å². The molecule has 2 aromatic carbocycles. The number of aromatic nitrogens is 1. The summed E-state index contributed by atoms with van der Waals surface area (Å²) in [6, 6.07) is 18.6. The van der Waals surface area contributed by atoms with Crippen molar-refractivity contribution in [3.05, 3.63) is 94.7 Å². The molecule has 1 aromatic heterocycles. The van der Waals surface area contributed by atoms with E-state index in [2.05, 4.69) is 15.5 Å². The Balaban J connectivity index is 1.79. The first-order valence-corrected chi connectivity index (χ1v) is 9.79. The third-order valence-corrected chi connectivity index (χ3v) is 4.74. The number of carbonyl (C=O) groups is 1. The van der Waals surface area contributed by atoms with Gasteiger partial charge in [-0.1, -0.05) is 59.8 Å². The third kappa shape index (κ3) is 5.26. The van der Waals surface area contributed by atoms with Crippen LogP contribution in [0.5, 0.6) is 5.88 Å². The van der Waals surface area contributed by atoms with E-state index in [0.717, 1.165) is 16.7 Å². The average molecular weight is 419 g/mol. The van der Waals surface area contributed by atoms with Crippen LogP contribution >= 0.6 is 0 Å². The number of oxime groups is 1. The van der Waals surface area contributed by atoms with Crippen molar-refractivity contribution in [1.29, 1.82) is 0 Å². The topological polar surface area (TPSA) is 93.0 Å². The lowest BCUT2D eigenvalue weighted by Gasteiger charge is -2.15. The summed E-state index contributed by atoms with van der Waals surface area (Å²) in [6.07, 6.45) is 0.844. The molecule has 1 amide bonds. The fourth-order valence-electron chi connectivity index (χ4n) is 3.16. The Hall–Kier alpha value is -3.71. The first-order valence-electron chi connectivity index (χ1n) is 9.79. The van der Waals surface area contributed by atoms with Crippen molar-refractivity contribution < 1.29 is 19.5 Å². The minimum absolute atomic E-state index is 0.162. The number of rotatable bonds is 8. The van der Waals surface area contributed by atoms with Crippen LogP contribution in [0.2, 0.25) is 0 Å². The minimum Gasteiger partial charge on any atom is -0.473 e. The fraction of sp³-hybridized carbons (Fsp3) is 0.208. The van der Waals surface area contributed by atoms with Crippen LogP contribution in [0.1, 0.15) is 33.9 Å². The van der Waals surface area contributed by atoms with Crippen molar-refractivity contribution in [2.45, 2.75) is 19.6 Å². The van der Waals surface area contributed by atoms with Crippen LogP contribution in [0.3, 0.4) is 0 Å². The zero-order valence-corrected chi connectivity index (χ0v) is 17.7. The molecule has 0 radical (unpaired) electrons. The maximum atomic E-state index is 12.2. The highest BCUT2D eigenvalue weighted by Gasteiger charge is 2.18. The molecule has 0 bridgehead atoms. The second-order valence-corrected chi connectivity index (χ2v) is 6.85. The summed E-state index contributed by atoms with van der Waals surface area (Å²) in [4.78, 5) is 21.4. The third-order valence-electron chi connectivity index (χ3n) is 4.74. The van der Waals surface area contributed by atoms with Crippen molar-refractivity contribution in [3.8, 4) is 5.88 Å². The van der Waals surface area contributed by atoms with Crippen LogP contribution < -0.4 is 10.1 Å². The number of nitrogens with one attached hydrogen (secondary N) is 1. The Morgan fingerprint density at radius 1 is 1.13 bits per heavy atom. The molecule has 1 unspecified atom stereocenters. The van der Waals surface area contributed by atoms with Crippen molar-refractivity contribution in [2.24, 2.45) is 5.16 Å². The van der Waals surface area contributed by atoms with Gasteiger partial charge >= 0.3 is 0 Å². The van der Waals surface area contributed by atoms with E-state index in [1.807, 2.05) is 61.5 Å². The molecule has 7 nitrogen and oxygen atoms in total. The van der Waals surface area contributed by atoms with Gasteiger partial charge in [0, 0.05) is 29.9 Å². The van der Waals surface area contributed by atoms with E-state index < -0.39 is 6.10 Å². The van der Waals surface area contributed by atoms with Gasteiger partial charge in [-0.05, 0) is 24.1 Å². The van der Waals surface area contributed by atoms with Gasteiger partial charge < -0.3 is 20.0 Å². The van der Waals surface area contributed by atoms with Gasteiger partial charge in [-0.3, -0.25) is 4.79 Å². The zero-order chi connectivity index (χ0) is 22.2. The average Bonchev–Trinajstić information content (AvgIpc) is 2.81. The Kier molecular flexibility index (Phi) is 7.35. The number of hydrogen-bond acceptors (Lipinski definition) is 6. The predicted octanol–water partition coefficient (Wildman–Crippen LogP) is 3.15. The van der Waals surface area contributed by atoms with E-state index in [1.54, 1.807) is 12.3 Å². The van der Waals surface area contributed by atoms with Crippen molar-refractivity contribution in [3.63, 3.8) is 0 Å². The standard InChI is InChI=1S/C24H25N3O4/c1-16-13-19(22(28)17-9-5-4-6-10-17)14-26-24(16)31-15-18-11-7-8-12-20(18)21(27-30-3)23(29)25-2/h4-14,22,28H,15H2,1-3H3,(H,25,29)/b27-21+. The van der Waals surface area contributed by atoms with E-state index in [4.69, 9.17) is 9.57 Å². The van der Waals surface area contributed by atoms with Crippen LogP contribution in [0.25, 0.3) is 0 Å². The number of aryl methyl sites for hydroxylation is 1. The number of hydrogen-bond donors (Lipinski definition) is 2. The fourth-order valence-corrected chi connectivity index (χ4v) is 3.16. The van der Waals surface area contributed by atoms with Crippen molar-refractivity contribution in [1.82, 2.24) is 10.3 Å². The van der Waals surface area contributed by atoms with Crippen LogP contribution in [0.15, 0.2) is 72.0 Å². The molecule has 0 fully saturated rings. The molecule has 0 spiro atoms. The Morgan fingerprint density at radius 2 is 1.84 bits per heavy atom. The molecule has 0 aliphatic heterocycles. The number of amides is 1. The summed E-state index contributed by atoms with van der Waals surface area (Å²) < 4.78 is 5.93. The molecule has 3 rings (SSSR count). The van der Waals surface area contributed by atoms with Gasteiger partial charge in [-0.2, -0.15) is 0 Å². The summed E-state index contributed by atoms with van der Waals surface area (Å²) in [5, 5.41) is 17.0. The number of benzene rings is 2. The predicted molar refractivity (Wildman–Crippen MR) is 118 cm³/mol. The number of ether oxygens (including phenoxy) is 1. The molecule has 31 heavy (non-hydrogen) atoms. The molecule has 0 saturated carbocycles. The molecule has 0 aliphatic rings. The molecule has 0 aliphatic carbocycles. The van der Waals surface area contributed by atoms with Crippen LogP contribution in [-0.2, 0) is 16.2 Å². The second kappa shape index (κ2) is 10.4. The summed E-state index contributed by atoms with van der Waals surface area (Å²) >= 11 is 0. The van der Waals surface area contributed by atoms with Gasteiger partial charge in [0.2, 0.25) is 5.88 Å². The highest BCUT2D eigenvalue weighted by atomic mass is 16.6. The van der Waals surface area contributed by atoms with Gasteiger partial charge in [0.05, 0.1) is 0 Å². The lowest BCUT2D eigenvalue weighted by atomic mass is 10.0. The van der Waals surface area contributed by atoms with Gasteiger partial charge in [0.15, 0.2) is 5.71 Å². The largest absolute Gasteiger partial charge is 0.473 e. The van der Waals surface area contributed by atoms with E-state index >= 15 is 0 Å². The van der Waals surface area contributed by atoms with Crippen molar-refractivity contribution >= 4 is 11.6 Å². The van der Waals surface area contributed by atoms with Gasteiger partial charge in [0.1, 0.15) is 19.8 Å². The number of likely N-dealkylation sites (N-methyl/N-ethyl adjacent to an activating group) is 1. The number of nitrogens with zero attached hydrogens (tertiary/aromatic N) is 2. The zero-order valence-electron chi connectivity index (χ0n) is 17.7. The van der Waals surface area contributed by atoms with E-state index in [0.29, 0.717) is 17.0 Å². The Labute approximate surface area is 181 Å². The second-order valence-electron chi connectivity index (χ2n) is 6.85. The van der Waals surface area contributed by atoms with Crippen LogP contribution in [0, 0.1) is 6.92 Å². The molecular weight excluding hydrogens is 394 g/mol. The summed E-state index contributed by atoms with van der Waals surface area (Å²) in [5.74, 6) is 0.0897. The molecule has 1 heterocycles. The highest BCUT2D eigenvalue weighted by molar-refractivity contribution is 6.45. The van der Waals surface area contributed by atoms with E-state index in [9.17, 15) is 9.90 Å². The Bertz CT molecular complexity index is 1070. The summed E-state index contributed by atoms with van der Waals surface area (Å²) in [6.45, 7) is 2.06. The van der Waals surface area contributed by atoms with Crippen LogP contribution in [-0.4, -0.2) is 35.9 Å². The van der Waals surface area contributed by atoms with Gasteiger partial charge in [-0.25, -0.2) is 4.98 Å². The van der Waals surface area contributed by atoms with E-state index in [1.165, 1.54) is 14.2 Å². The number of carbonyl (C=O) groups excluding carboxylic acids is 1. The lowest BCUT2D eigenvalue weighted by molar-refractivity contribution is -0.114. The smallest absolute Gasteiger partial charge is 0.273 e. The SMILES string of the molecule is CNC(=O)/C(=N/OC)c1ccccc1COc1ncc(C(O)c2ccccc2)cc1C. The molecule has 0 saturated heterocycles. The monoisotopic (exact) mass is 419 g/mol. The molecular formula is C24H25N3O4. The lowest BCUT2D eigenvalue weighted by Crippen LogP contribution is -2.29. The Morgan fingerprint density at radius 3 is 2.52 bits per heavy atom. The van der Waals surface area contributed by atoms with Crippen LogP contribution in [0.4, 0.5) is 0 Å². The molecule has 2 N–H and O–H groups in total. The van der Waals surface area contributed by atoms with Gasteiger partial charge in [0.25, 0.3) is 5.91 Å². The first kappa shape index (κ1) is 22.0. The maximum absolute atomic E-state index is 12.2. The first-order chi connectivity index (χ1) is 15.0. The number of pyridine rings is 1. The molecule has 3 aromatic rings. The van der Waals surface area contributed by atoms with Crippen molar-refractivity contribution in [2.75, 3.05) is 14.2 Å². The number of aliphatic hydroxyl groups is 1. The molecule has 1 atom stereocenters. The summed E-state index contributed by atoms with van der Waals surface area (Å²) in [5.41, 5.74) is 3.81. The maximum Gasteiger partial charge on any atom is 0.273 e. The molecule has 160 valence electrons. The molecule has 7 heteroatoms. The normalized spacial score (nSPS) is 12.2. The quantitative estimate of drug-likeness (QED) is 0.432. The number of aliphatic hydroxyl groups excluding tert-OH is 1. The minimum atomic E-state index is -0.762. The summed E-state index contributed by atoms with van der Waals surface area (Å²) in [7, 11) is 2.92. The highest BCUT2D eigenvalue weighted by Crippen LogP contribution is 2.25. The van der Waals surface area contributed by atoms with E-state index in [-0.39, 0.29) is 18.2 Å².